The second-order valence-corrected chi connectivity index (χ2v) is 3.40. The van der Waals surface area contributed by atoms with E-state index < -0.39 is 18.3 Å². The van der Waals surface area contributed by atoms with Crippen LogP contribution in [-0.2, 0) is 6.54 Å². The average molecular weight is 235 g/mol. The van der Waals surface area contributed by atoms with Gasteiger partial charge in [-0.2, -0.15) is 13.2 Å². The molecule has 0 amide bonds. The number of anilines is 1. The maximum atomic E-state index is 12.3. The van der Waals surface area contributed by atoms with Crippen LogP contribution in [0.2, 0.25) is 0 Å². The summed E-state index contributed by atoms with van der Waals surface area (Å²) in [5.41, 5.74) is -0.0230. The van der Waals surface area contributed by atoms with Crippen molar-refractivity contribution < 1.29 is 13.2 Å². The van der Waals surface area contributed by atoms with Gasteiger partial charge in [0.05, 0.1) is 0 Å². The normalized spacial score (nSPS) is 11.6. The van der Waals surface area contributed by atoms with Crippen LogP contribution in [0.5, 0.6) is 0 Å². The molecule has 0 aliphatic heterocycles. The second-order valence-electron chi connectivity index (χ2n) is 3.40. The molecule has 1 heterocycles. The number of halogens is 3. The van der Waals surface area contributed by atoms with Gasteiger partial charge in [0.25, 0.3) is 5.56 Å². The first-order valence-corrected chi connectivity index (χ1v) is 4.59. The van der Waals surface area contributed by atoms with Crippen LogP contribution < -0.4 is 10.9 Å². The number of nitrogens with zero attached hydrogens (tertiary/aromatic N) is 2. The topological polar surface area (TPSA) is 46.9 Å². The summed E-state index contributed by atoms with van der Waals surface area (Å²) in [7, 11) is 1.42. The van der Waals surface area contributed by atoms with Crippen molar-refractivity contribution in [1.29, 1.82) is 0 Å². The van der Waals surface area contributed by atoms with Crippen LogP contribution in [0.3, 0.4) is 0 Å². The molecule has 0 fully saturated rings. The summed E-state index contributed by atoms with van der Waals surface area (Å²) in [5.74, 6) is -0.0783. The molecule has 0 aromatic carbocycles. The van der Waals surface area contributed by atoms with Crippen LogP contribution >= 0.6 is 0 Å². The summed E-state index contributed by atoms with van der Waals surface area (Å²) < 4.78 is 37.3. The van der Waals surface area contributed by atoms with Crippen molar-refractivity contribution in [2.24, 2.45) is 0 Å². The lowest BCUT2D eigenvalue weighted by Gasteiger charge is -2.15. The smallest absolute Gasteiger partial charge is 0.359 e. The van der Waals surface area contributed by atoms with E-state index in [-0.39, 0.29) is 11.5 Å². The monoisotopic (exact) mass is 235 g/mol. The highest BCUT2D eigenvalue weighted by atomic mass is 19.4. The predicted molar refractivity (Wildman–Crippen MR) is 53.6 cm³/mol. The molecule has 1 rings (SSSR count). The quantitative estimate of drug-likeness (QED) is 0.844. The molecule has 0 spiro atoms. The van der Waals surface area contributed by atoms with E-state index in [2.05, 4.69) is 10.3 Å². The Bertz CT molecular complexity index is 451. The van der Waals surface area contributed by atoms with Crippen molar-refractivity contribution in [3.8, 4) is 0 Å². The summed E-state index contributed by atoms with van der Waals surface area (Å²) in [6.45, 7) is 1.70. The van der Waals surface area contributed by atoms with Gasteiger partial charge in [-0.3, -0.25) is 9.36 Å². The fraction of sp³-hybridized carbons (Fsp3) is 0.556. The molecule has 0 saturated carbocycles. The second kappa shape index (κ2) is 4.15. The summed E-state index contributed by atoms with van der Waals surface area (Å²) in [6, 6.07) is 0. The number of alkyl halides is 3. The van der Waals surface area contributed by atoms with E-state index in [9.17, 15) is 18.0 Å². The van der Waals surface area contributed by atoms with Gasteiger partial charge in [-0.1, -0.05) is 0 Å². The Kier molecular flexibility index (Phi) is 3.25. The molecule has 0 aliphatic rings. The zero-order valence-electron chi connectivity index (χ0n) is 9.14. The SMILES string of the molecule is CNc1nc(C)c(C)c(=O)n1CC(F)(F)F. The van der Waals surface area contributed by atoms with Crippen molar-refractivity contribution in [2.45, 2.75) is 26.6 Å². The van der Waals surface area contributed by atoms with Crippen LogP contribution in [0.25, 0.3) is 0 Å². The largest absolute Gasteiger partial charge is 0.406 e. The Labute approximate surface area is 90.1 Å². The Hall–Kier alpha value is -1.53. The van der Waals surface area contributed by atoms with Crippen LogP contribution in [0.1, 0.15) is 11.3 Å². The molecule has 0 atom stereocenters. The lowest BCUT2D eigenvalue weighted by Crippen LogP contribution is -2.32. The predicted octanol–water partition coefficient (Wildman–Crippen LogP) is 1.46. The Balaban J connectivity index is 3.37. The van der Waals surface area contributed by atoms with Gasteiger partial charge in [0, 0.05) is 18.3 Å². The van der Waals surface area contributed by atoms with E-state index in [1.165, 1.54) is 14.0 Å². The maximum absolute atomic E-state index is 12.3. The lowest BCUT2D eigenvalue weighted by molar-refractivity contribution is -0.141. The van der Waals surface area contributed by atoms with Gasteiger partial charge >= 0.3 is 6.18 Å². The first-order chi connectivity index (χ1) is 7.26. The molecule has 0 aliphatic carbocycles. The number of hydrogen-bond acceptors (Lipinski definition) is 3. The summed E-state index contributed by atoms with van der Waals surface area (Å²) >= 11 is 0. The molecule has 4 nitrogen and oxygen atoms in total. The number of nitrogens with one attached hydrogen (secondary N) is 1. The van der Waals surface area contributed by atoms with E-state index >= 15 is 0 Å². The van der Waals surface area contributed by atoms with Gasteiger partial charge in [0.15, 0.2) is 0 Å². The van der Waals surface area contributed by atoms with E-state index in [4.69, 9.17) is 0 Å². The fourth-order valence-electron chi connectivity index (χ4n) is 1.27. The van der Waals surface area contributed by atoms with Gasteiger partial charge in [-0.05, 0) is 13.8 Å². The molecule has 0 radical (unpaired) electrons. The van der Waals surface area contributed by atoms with Crippen molar-refractivity contribution >= 4 is 5.95 Å². The zero-order chi connectivity index (χ0) is 12.5. The number of aryl methyl sites for hydroxylation is 1. The van der Waals surface area contributed by atoms with Gasteiger partial charge in [0.2, 0.25) is 5.95 Å². The van der Waals surface area contributed by atoms with Gasteiger partial charge in [-0.15, -0.1) is 0 Å². The van der Waals surface area contributed by atoms with Gasteiger partial charge in [0.1, 0.15) is 6.54 Å². The van der Waals surface area contributed by atoms with Crippen molar-refractivity contribution in [1.82, 2.24) is 9.55 Å². The Morgan fingerprint density at radius 1 is 1.38 bits per heavy atom. The van der Waals surface area contributed by atoms with Crippen molar-refractivity contribution in [3.63, 3.8) is 0 Å². The number of hydrogen-bond donors (Lipinski definition) is 1. The molecule has 16 heavy (non-hydrogen) atoms. The van der Waals surface area contributed by atoms with Gasteiger partial charge < -0.3 is 5.32 Å². The highest BCUT2D eigenvalue weighted by Gasteiger charge is 2.30. The van der Waals surface area contributed by atoms with E-state index in [0.29, 0.717) is 10.3 Å². The standard InChI is InChI=1S/C9H12F3N3O/c1-5-6(2)14-8(13-3)15(7(5)16)4-9(10,11)12/h4H2,1-3H3,(H,13,14). The molecule has 90 valence electrons. The maximum Gasteiger partial charge on any atom is 0.406 e. The Morgan fingerprint density at radius 3 is 2.38 bits per heavy atom. The van der Waals surface area contributed by atoms with Crippen molar-refractivity contribution in [3.05, 3.63) is 21.6 Å². The summed E-state index contributed by atoms with van der Waals surface area (Å²) in [4.78, 5) is 15.5. The molecule has 0 saturated heterocycles. The third-order valence-corrected chi connectivity index (χ3v) is 2.20. The molecule has 1 N–H and O–H groups in total. The molecule has 0 bridgehead atoms. The molecule has 0 unspecified atom stereocenters. The summed E-state index contributed by atoms with van der Waals surface area (Å²) in [6.07, 6.45) is -4.45. The fourth-order valence-corrected chi connectivity index (χ4v) is 1.27. The number of aromatic nitrogens is 2. The Morgan fingerprint density at radius 2 is 1.94 bits per heavy atom. The third kappa shape index (κ3) is 2.53. The molecular weight excluding hydrogens is 223 g/mol. The van der Waals surface area contributed by atoms with Crippen LogP contribution in [0.4, 0.5) is 19.1 Å². The minimum Gasteiger partial charge on any atom is -0.359 e. The first-order valence-electron chi connectivity index (χ1n) is 4.59. The third-order valence-electron chi connectivity index (χ3n) is 2.20. The minimum atomic E-state index is -4.45. The number of rotatable bonds is 2. The molecule has 1 aromatic heterocycles. The summed E-state index contributed by atoms with van der Waals surface area (Å²) in [5, 5.41) is 2.48. The first kappa shape index (κ1) is 12.5. The van der Waals surface area contributed by atoms with E-state index in [0.717, 1.165) is 0 Å². The van der Waals surface area contributed by atoms with Crippen molar-refractivity contribution in [2.75, 3.05) is 12.4 Å². The highest BCUT2D eigenvalue weighted by Crippen LogP contribution is 2.18. The van der Waals surface area contributed by atoms with Crippen LogP contribution in [0.15, 0.2) is 4.79 Å². The highest BCUT2D eigenvalue weighted by molar-refractivity contribution is 5.30. The molecule has 1 aromatic rings. The lowest BCUT2D eigenvalue weighted by atomic mass is 10.2. The zero-order valence-corrected chi connectivity index (χ0v) is 9.14. The van der Waals surface area contributed by atoms with E-state index in [1.807, 2.05) is 0 Å². The minimum absolute atomic E-state index is 0.0783. The average Bonchev–Trinajstić information content (AvgIpc) is 2.17. The van der Waals surface area contributed by atoms with Gasteiger partial charge in [-0.25, -0.2) is 4.98 Å². The molecule has 7 heteroatoms. The van der Waals surface area contributed by atoms with E-state index in [1.54, 1.807) is 6.92 Å². The van der Waals surface area contributed by atoms with Crippen LogP contribution in [0, 0.1) is 13.8 Å². The van der Waals surface area contributed by atoms with Crippen LogP contribution in [-0.4, -0.2) is 22.8 Å². The molecular formula is C9H12F3N3O.